The molecule has 0 aliphatic rings. The molecule has 0 aliphatic heterocycles. The van der Waals surface area contributed by atoms with Crippen LogP contribution in [0.1, 0.15) is 45.0 Å². The minimum absolute atomic E-state index is 0.184. The van der Waals surface area contributed by atoms with Gasteiger partial charge in [0.2, 0.25) is 0 Å². The number of carbonyl (C=O) groups is 2. The first kappa shape index (κ1) is 22.1. The van der Waals surface area contributed by atoms with Crippen molar-refractivity contribution < 1.29 is 14.3 Å². The molecule has 5 heteroatoms. The van der Waals surface area contributed by atoms with Crippen LogP contribution in [0, 0.1) is 13.8 Å². The van der Waals surface area contributed by atoms with Gasteiger partial charge in [-0.15, -0.1) is 0 Å². The van der Waals surface area contributed by atoms with Gasteiger partial charge in [-0.05, 0) is 49.6 Å². The van der Waals surface area contributed by atoms with Crippen molar-refractivity contribution in [1.82, 2.24) is 5.32 Å². The number of benzene rings is 3. The number of methoxy groups -OCH3 is 1. The number of hydrogen-bond donors (Lipinski definition) is 2. The number of amides is 2. The molecule has 0 aliphatic carbocycles. The van der Waals surface area contributed by atoms with E-state index in [0.29, 0.717) is 17.8 Å². The third-order valence-electron chi connectivity index (χ3n) is 5.22. The van der Waals surface area contributed by atoms with Gasteiger partial charge < -0.3 is 15.4 Å². The second-order valence-electron chi connectivity index (χ2n) is 7.62. The Bertz CT molecular complexity index is 982. The topological polar surface area (TPSA) is 67.4 Å². The summed E-state index contributed by atoms with van der Waals surface area (Å²) in [6.45, 7) is 4.66. The van der Waals surface area contributed by atoms with E-state index >= 15 is 0 Å². The molecular formula is C26H28N2O3. The fourth-order valence-electron chi connectivity index (χ4n) is 3.47. The number of urea groups is 1. The molecule has 0 unspecified atom stereocenters. The summed E-state index contributed by atoms with van der Waals surface area (Å²) in [6.07, 6.45) is 0.766. The first-order valence-electron chi connectivity index (χ1n) is 10.3. The minimum atomic E-state index is -0.442. The van der Waals surface area contributed by atoms with Crippen molar-refractivity contribution in [2.24, 2.45) is 0 Å². The second kappa shape index (κ2) is 10.4. The van der Waals surface area contributed by atoms with Gasteiger partial charge in [-0.1, -0.05) is 65.7 Å². The van der Waals surface area contributed by atoms with Crippen molar-refractivity contribution >= 4 is 17.7 Å². The van der Waals surface area contributed by atoms with Crippen LogP contribution in [0.15, 0.2) is 72.8 Å². The van der Waals surface area contributed by atoms with Crippen LogP contribution < -0.4 is 10.6 Å². The van der Waals surface area contributed by atoms with Gasteiger partial charge in [0.05, 0.1) is 12.7 Å². The van der Waals surface area contributed by atoms with Gasteiger partial charge in [0.25, 0.3) is 0 Å². The SMILES string of the molecule is COC(=O)c1cccc(NC(=O)NCCC(c2ccc(C)cc2)c2ccc(C)cc2)c1. The number of carbonyl (C=O) groups excluding carboxylic acids is 2. The molecular weight excluding hydrogens is 388 g/mol. The molecule has 3 aromatic carbocycles. The number of esters is 1. The van der Waals surface area contributed by atoms with Crippen molar-refractivity contribution in [2.75, 3.05) is 19.0 Å². The Morgan fingerprint density at radius 2 is 1.45 bits per heavy atom. The highest BCUT2D eigenvalue weighted by molar-refractivity contribution is 5.93. The highest BCUT2D eigenvalue weighted by Crippen LogP contribution is 2.28. The van der Waals surface area contributed by atoms with Gasteiger partial charge in [-0.2, -0.15) is 0 Å². The maximum atomic E-state index is 12.4. The lowest BCUT2D eigenvalue weighted by Crippen LogP contribution is -2.30. The molecule has 3 aromatic rings. The van der Waals surface area contributed by atoms with E-state index in [-0.39, 0.29) is 11.9 Å². The van der Waals surface area contributed by atoms with E-state index in [9.17, 15) is 9.59 Å². The van der Waals surface area contributed by atoms with E-state index in [0.717, 1.165) is 6.42 Å². The second-order valence-corrected chi connectivity index (χ2v) is 7.62. The molecule has 0 spiro atoms. The van der Waals surface area contributed by atoms with E-state index in [2.05, 4.69) is 73.0 Å². The summed E-state index contributed by atoms with van der Waals surface area (Å²) >= 11 is 0. The first-order chi connectivity index (χ1) is 15.0. The molecule has 3 rings (SSSR count). The average molecular weight is 417 g/mol. The van der Waals surface area contributed by atoms with Crippen LogP contribution in [0.4, 0.5) is 10.5 Å². The fraction of sp³-hybridized carbons (Fsp3) is 0.231. The van der Waals surface area contributed by atoms with E-state index in [1.165, 1.54) is 29.4 Å². The molecule has 160 valence electrons. The molecule has 31 heavy (non-hydrogen) atoms. The maximum Gasteiger partial charge on any atom is 0.337 e. The number of aryl methyl sites for hydroxylation is 2. The van der Waals surface area contributed by atoms with Crippen molar-refractivity contribution in [1.29, 1.82) is 0 Å². The van der Waals surface area contributed by atoms with E-state index < -0.39 is 5.97 Å². The zero-order chi connectivity index (χ0) is 22.2. The molecule has 2 amide bonds. The van der Waals surface area contributed by atoms with Gasteiger partial charge >= 0.3 is 12.0 Å². The molecule has 0 heterocycles. The Kier molecular flexibility index (Phi) is 7.44. The van der Waals surface area contributed by atoms with E-state index in [1.807, 2.05) is 0 Å². The van der Waals surface area contributed by atoms with Crippen LogP contribution >= 0.6 is 0 Å². The summed E-state index contributed by atoms with van der Waals surface area (Å²) in [5.41, 5.74) is 5.81. The maximum absolute atomic E-state index is 12.4. The first-order valence-corrected chi connectivity index (χ1v) is 10.3. The van der Waals surface area contributed by atoms with Crippen LogP contribution in [-0.2, 0) is 4.74 Å². The third-order valence-corrected chi connectivity index (χ3v) is 5.22. The molecule has 0 aromatic heterocycles. The Hall–Kier alpha value is -3.60. The zero-order valence-electron chi connectivity index (χ0n) is 18.1. The Balaban J connectivity index is 1.64. The monoisotopic (exact) mass is 416 g/mol. The van der Waals surface area contributed by atoms with Crippen LogP contribution in [0.2, 0.25) is 0 Å². The van der Waals surface area contributed by atoms with Gasteiger partial charge in [-0.25, -0.2) is 9.59 Å². The Labute approximate surface area is 183 Å². The lowest BCUT2D eigenvalue weighted by atomic mass is 9.88. The molecule has 0 atom stereocenters. The van der Waals surface area contributed by atoms with Gasteiger partial charge in [0.1, 0.15) is 0 Å². The molecule has 0 radical (unpaired) electrons. The van der Waals surface area contributed by atoms with Crippen LogP contribution in [0.3, 0.4) is 0 Å². The highest BCUT2D eigenvalue weighted by atomic mass is 16.5. The normalized spacial score (nSPS) is 10.6. The predicted octanol–water partition coefficient (Wildman–Crippen LogP) is 5.43. The Morgan fingerprint density at radius 3 is 2.00 bits per heavy atom. The number of ether oxygens (including phenoxy) is 1. The Morgan fingerprint density at radius 1 is 0.871 bits per heavy atom. The molecule has 0 saturated heterocycles. The molecule has 0 fully saturated rings. The highest BCUT2D eigenvalue weighted by Gasteiger charge is 2.15. The quantitative estimate of drug-likeness (QED) is 0.505. The number of rotatable bonds is 7. The van der Waals surface area contributed by atoms with Crippen LogP contribution in [-0.4, -0.2) is 25.7 Å². The average Bonchev–Trinajstić information content (AvgIpc) is 2.78. The number of nitrogens with one attached hydrogen (secondary N) is 2. The summed E-state index contributed by atoms with van der Waals surface area (Å²) in [6, 6.07) is 23.4. The van der Waals surface area contributed by atoms with Gasteiger partial charge in [0.15, 0.2) is 0 Å². The summed E-state index contributed by atoms with van der Waals surface area (Å²) in [4.78, 5) is 24.0. The standard InChI is InChI=1S/C26H28N2O3/c1-18-7-11-20(12-8-18)24(21-13-9-19(2)10-14-21)15-16-27-26(30)28-23-6-4-5-22(17-23)25(29)31-3/h4-14,17,24H,15-16H2,1-3H3,(H2,27,28,30). The largest absolute Gasteiger partial charge is 0.465 e. The molecule has 2 N–H and O–H groups in total. The van der Waals surface area contributed by atoms with E-state index in [4.69, 9.17) is 4.74 Å². The predicted molar refractivity (Wildman–Crippen MR) is 124 cm³/mol. The van der Waals surface area contributed by atoms with Crippen molar-refractivity contribution in [2.45, 2.75) is 26.2 Å². The van der Waals surface area contributed by atoms with Gasteiger partial charge in [0, 0.05) is 18.2 Å². The molecule has 0 bridgehead atoms. The van der Waals surface area contributed by atoms with Gasteiger partial charge in [-0.3, -0.25) is 0 Å². The minimum Gasteiger partial charge on any atom is -0.465 e. The summed E-state index contributed by atoms with van der Waals surface area (Å²) in [5.74, 6) is -0.257. The summed E-state index contributed by atoms with van der Waals surface area (Å²) < 4.78 is 4.72. The number of anilines is 1. The van der Waals surface area contributed by atoms with Crippen LogP contribution in [0.25, 0.3) is 0 Å². The third kappa shape index (κ3) is 6.19. The number of hydrogen-bond acceptors (Lipinski definition) is 3. The lowest BCUT2D eigenvalue weighted by molar-refractivity contribution is 0.0600. The van der Waals surface area contributed by atoms with Crippen molar-refractivity contribution in [3.63, 3.8) is 0 Å². The summed E-state index contributed by atoms with van der Waals surface area (Å²) in [5, 5.41) is 5.69. The summed E-state index contributed by atoms with van der Waals surface area (Å²) in [7, 11) is 1.33. The lowest BCUT2D eigenvalue weighted by Gasteiger charge is -2.19. The van der Waals surface area contributed by atoms with Crippen molar-refractivity contribution in [3.05, 3.63) is 101 Å². The smallest absolute Gasteiger partial charge is 0.337 e. The van der Waals surface area contributed by atoms with E-state index in [1.54, 1.807) is 24.3 Å². The fourth-order valence-corrected chi connectivity index (χ4v) is 3.47. The van der Waals surface area contributed by atoms with Crippen LogP contribution in [0.5, 0.6) is 0 Å². The van der Waals surface area contributed by atoms with Crippen molar-refractivity contribution in [3.8, 4) is 0 Å². The zero-order valence-corrected chi connectivity index (χ0v) is 18.1. The molecule has 5 nitrogen and oxygen atoms in total. The molecule has 0 saturated carbocycles.